The lowest BCUT2D eigenvalue weighted by Crippen LogP contribution is -2.56. The predicted octanol–water partition coefficient (Wildman–Crippen LogP) is 3.08. The molecular weight excluding hydrogens is 406 g/mol. The van der Waals surface area contributed by atoms with Gasteiger partial charge < -0.3 is 15.8 Å². The van der Waals surface area contributed by atoms with Gasteiger partial charge in [-0.25, -0.2) is 4.79 Å². The number of benzene rings is 2. The minimum absolute atomic E-state index is 0.108. The first-order valence-corrected chi connectivity index (χ1v) is 10.6. The Balaban J connectivity index is 1.78. The summed E-state index contributed by atoms with van der Waals surface area (Å²) >= 11 is 0. The molecule has 2 aromatic rings. The SMILES string of the molecule is CC(C)=CC[C@@H](NC(=O)[C@@H]1Cc2ccccc2CN1C(=O)OCc1ccccc1)C(N)=O. The lowest BCUT2D eigenvalue weighted by molar-refractivity contribution is -0.131. The van der Waals surface area contributed by atoms with E-state index in [1.54, 1.807) is 0 Å². The van der Waals surface area contributed by atoms with Crippen LogP contribution in [0.15, 0.2) is 66.2 Å². The second-order valence-electron chi connectivity index (χ2n) is 8.14. The summed E-state index contributed by atoms with van der Waals surface area (Å²) in [5.74, 6) is -1.05. The van der Waals surface area contributed by atoms with E-state index in [0.29, 0.717) is 12.8 Å². The largest absolute Gasteiger partial charge is 0.445 e. The van der Waals surface area contributed by atoms with Crippen LogP contribution in [0.25, 0.3) is 0 Å². The average Bonchev–Trinajstić information content (AvgIpc) is 2.79. The van der Waals surface area contributed by atoms with Gasteiger partial charge in [0.1, 0.15) is 18.7 Å². The van der Waals surface area contributed by atoms with Crippen LogP contribution >= 0.6 is 0 Å². The number of amides is 3. The highest BCUT2D eigenvalue weighted by Gasteiger charge is 2.36. The number of hydrogen-bond donors (Lipinski definition) is 2. The molecule has 0 aliphatic carbocycles. The van der Waals surface area contributed by atoms with Crippen LogP contribution in [-0.2, 0) is 33.9 Å². The predicted molar refractivity (Wildman–Crippen MR) is 121 cm³/mol. The number of ether oxygens (including phenoxy) is 1. The van der Waals surface area contributed by atoms with Crippen LogP contribution in [0.1, 0.15) is 37.0 Å². The van der Waals surface area contributed by atoms with Gasteiger partial charge in [0, 0.05) is 6.42 Å². The number of nitrogens with one attached hydrogen (secondary N) is 1. The minimum atomic E-state index is -0.850. The summed E-state index contributed by atoms with van der Waals surface area (Å²) in [6.45, 7) is 4.17. The van der Waals surface area contributed by atoms with Crippen molar-refractivity contribution in [3.05, 3.63) is 82.9 Å². The molecule has 0 saturated carbocycles. The van der Waals surface area contributed by atoms with Gasteiger partial charge in [0.25, 0.3) is 0 Å². The fourth-order valence-corrected chi connectivity index (χ4v) is 3.62. The van der Waals surface area contributed by atoms with Gasteiger partial charge in [-0.3, -0.25) is 14.5 Å². The molecule has 3 rings (SSSR count). The topological polar surface area (TPSA) is 102 Å². The molecule has 7 heteroatoms. The van der Waals surface area contributed by atoms with Crippen LogP contribution in [-0.4, -0.2) is 34.9 Å². The van der Waals surface area contributed by atoms with E-state index in [0.717, 1.165) is 22.3 Å². The number of nitrogens with zero attached hydrogens (tertiary/aromatic N) is 1. The maximum absolute atomic E-state index is 13.2. The van der Waals surface area contributed by atoms with Crippen molar-refractivity contribution in [2.45, 2.75) is 51.9 Å². The van der Waals surface area contributed by atoms with Gasteiger partial charge in [-0.1, -0.05) is 66.2 Å². The van der Waals surface area contributed by atoms with Gasteiger partial charge in [0.05, 0.1) is 6.54 Å². The zero-order chi connectivity index (χ0) is 23.1. The number of hydrogen-bond acceptors (Lipinski definition) is 4. The third-order valence-corrected chi connectivity index (χ3v) is 5.41. The Morgan fingerprint density at radius 3 is 2.41 bits per heavy atom. The molecule has 1 aliphatic rings. The smallest absolute Gasteiger partial charge is 0.411 e. The molecule has 0 aromatic heterocycles. The first-order valence-electron chi connectivity index (χ1n) is 10.6. The van der Waals surface area contributed by atoms with Crippen LogP contribution in [0.4, 0.5) is 4.79 Å². The number of allylic oxidation sites excluding steroid dienone is 1. The van der Waals surface area contributed by atoms with E-state index in [-0.39, 0.29) is 13.2 Å². The van der Waals surface area contributed by atoms with Gasteiger partial charge >= 0.3 is 6.09 Å². The van der Waals surface area contributed by atoms with Crippen molar-refractivity contribution in [3.8, 4) is 0 Å². The first-order chi connectivity index (χ1) is 15.3. The van der Waals surface area contributed by atoms with Crippen molar-refractivity contribution in [3.63, 3.8) is 0 Å². The quantitative estimate of drug-likeness (QED) is 0.653. The molecule has 3 N–H and O–H groups in total. The zero-order valence-corrected chi connectivity index (χ0v) is 18.4. The standard InChI is InChI=1S/C25H29N3O4/c1-17(2)12-13-21(23(26)29)27-24(30)22-14-19-10-6-7-11-20(19)15-28(22)25(31)32-16-18-8-4-3-5-9-18/h3-12,21-22H,13-16H2,1-2H3,(H2,26,29)(H,27,30)/t21-,22+/m1/s1. The van der Waals surface area contributed by atoms with Crippen molar-refractivity contribution in [2.24, 2.45) is 5.73 Å². The molecule has 1 aliphatic heterocycles. The van der Waals surface area contributed by atoms with Gasteiger partial charge in [-0.15, -0.1) is 0 Å². The van der Waals surface area contributed by atoms with Gasteiger partial charge in [0.2, 0.25) is 11.8 Å². The molecular formula is C25H29N3O4. The van der Waals surface area contributed by atoms with Gasteiger partial charge in [-0.2, -0.15) is 0 Å². The van der Waals surface area contributed by atoms with Crippen molar-refractivity contribution in [2.75, 3.05) is 0 Å². The van der Waals surface area contributed by atoms with Crippen molar-refractivity contribution < 1.29 is 19.1 Å². The summed E-state index contributed by atoms with van der Waals surface area (Å²) in [6.07, 6.45) is 1.89. The average molecular weight is 436 g/mol. The van der Waals surface area contributed by atoms with Crippen LogP contribution in [0.3, 0.4) is 0 Å². The Kier molecular flexibility index (Phi) is 7.65. The van der Waals surface area contributed by atoms with E-state index < -0.39 is 30.0 Å². The molecule has 0 radical (unpaired) electrons. The highest BCUT2D eigenvalue weighted by atomic mass is 16.6. The molecule has 0 bridgehead atoms. The zero-order valence-electron chi connectivity index (χ0n) is 18.4. The highest BCUT2D eigenvalue weighted by Crippen LogP contribution is 2.24. The van der Waals surface area contributed by atoms with Gasteiger partial charge in [0.15, 0.2) is 0 Å². The molecule has 0 unspecified atom stereocenters. The summed E-state index contributed by atoms with van der Waals surface area (Å²) in [5.41, 5.74) is 9.32. The van der Waals surface area contributed by atoms with Gasteiger partial charge in [-0.05, 0) is 37.0 Å². The van der Waals surface area contributed by atoms with E-state index >= 15 is 0 Å². The Morgan fingerprint density at radius 1 is 1.09 bits per heavy atom. The number of nitrogens with two attached hydrogens (primary N) is 1. The molecule has 0 spiro atoms. The van der Waals surface area contributed by atoms with E-state index in [2.05, 4.69) is 5.32 Å². The summed E-state index contributed by atoms with van der Waals surface area (Å²) in [7, 11) is 0. The molecule has 0 fully saturated rings. The number of primary amides is 1. The number of fused-ring (bicyclic) bond motifs is 1. The minimum Gasteiger partial charge on any atom is -0.445 e. The molecule has 32 heavy (non-hydrogen) atoms. The normalized spacial score (nSPS) is 15.8. The fraction of sp³-hybridized carbons (Fsp3) is 0.320. The monoisotopic (exact) mass is 435 g/mol. The second-order valence-corrected chi connectivity index (χ2v) is 8.14. The molecule has 2 aromatic carbocycles. The number of carbonyl (C=O) groups is 3. The lowest BCUT2D eigenvalue weighted by atomic mass is 9.93. The third kappa shape index (κ3) is 5.97. The first kappa shape index (κ1) is 23.1. The highest BCUT2D eigenvalue weighted by molar-refractivity contribution is 5.91. The number of carbonyl (C=O) groups excluding carboxylic acids is 3. The molecule has 2 atom stereocenters. The second kappa shape index (κ2) is 10.6. The van der Waals surface area contributed by atoms with E-state index in [9.17, 15) is 14.4 Å². The molecule has 168 valence electrons. The van der Waals surface area contributed by atoms with E-state index in [1.807, 2.05) is 74.5 Å². The third-order valence-electron chi connectivity index (χ3n) is 5.41. The summed E-state index contributed by atoms with van der Waals surface area (Å²) in [6, 6.07) is 15.4. The van der Waals surface area contributed by atoms with Crippen molar-refractivity contribution in [1.82, 2.24) is 10.2 Å². The van der Waals surface area contributed by atoms with Crippen LogP contribution in [0.2, 0.25) is 0 Å². The Morgan fingerprint density at radius 2 is 1.75 bits per heavy atom. The summed E-state index contributed by atoms with van der Waals surface area (Å²) in [5, 5.41) is 2.72. The van der Waals surface area contributed by atoms with Crippen molar-refractivity contribution >= 4 is 17.9 Å². The maximum Gasteiger partial charge on any atom is 0.411 e. The Bertz CT molecular complexity index is 999. The molecule has 0 saturated heterocycles. The molecule has 3 amide bonds. The number of rotatable bonds is 7. The van der Waals surface area contributed by atoms with E-state index in [1.165, 1.54) is 4.90 Å². The summed E-state index contributed by atoms with van der Waals surface area (Å²) in [4.78, 5) is 39.4. The maximum atomic E-state index is 13.2. The van der Waals surface area contributed by atoms with E-state index in [4.69, 9.17) is 10.5 Å². The van der Waals surface area contributed by atoms with Crippen molar-refractivity contribution in [1.29, 1.82) is 0 Å². The Hall–Kier alpha value is -3.61. The van der Waals surface area contributed by atoms with Crippen LogP contribution in [0.5, 0.6) is 0 Å². The lowest BCUT2D eigenvalue weighted by Gasteiger charge is -2.35. The van der Waals surface area contributed by atoms with Crippen LogP contribution < -0.4 is 11.1 Å². The fourth-order valence-electron chi connectivity index (χ4n) is 3.62. The molecule has 7 nitrogen and oxygen atoms in total. The Labute approximate surface area is 188 Å². The summed E-state index contributed by atoms with van der Waals surface area (Å²) < 4.78 is 5.50. The van der Waals surface area contributed by atoms with Crippen LogP contribution in [0, 0.1) is 0 Å². The molecule has 1 heterocycles.